The predicted octanol–water partition coefficient (Wildman–Crippen LogP) is 4.11. The van der Waals surface area contributed by atoms with Crippen molar-refractivity contribution in [3.05, 3.63) is 53.8 Å². The lowest BCUT2D eigenvalue weighted by molar-refractivity contribution is 0.0848. The maximum absolute atomic E-state index is 13.5. The van der Waals surface area contributed by atoms with E-state index in [1.54, 1.807) is 43.4 Å². The number of halogens is 1. The monoisotopic (exact) mass is 374 g/mol. The van der Waals surface area contributed by atoms with E-state index in [9.17, 15) is 9.18 Å². The number of hydrogen-bond donors (Lipinski definition) is 0. The maximum Gasteiger partial charge on any atom is 0.259 e. The number of benzene rings is 2. The van der Waals surface area contributed by atoms with Gasteiger partial charge in [0.2, 0.25) is 0 Å². The Bertz CT molecular complexity index is 841. The van der Waals surface area contributed by atoms with Crippen molar-refractivity contribution in [1.29, 1.82) is 0 Å². The summed E-state index contributed by atoms with van der Waals surface area (Å²) in [5, 5.41) is 0.567. The molecule has 2 aromatic carbocycles. The first-order chi connectivity index (χ1) is 12.6. The fourth-order valence-electron chi connectivity index (χ4n) is 2.61. The van der Waals surface area contributed by atoms with Gasteiger partial charge in [-0.05, 0) is 36.8 Å². The number of aliphatic imine (C=N–C) groups is 1. The standard InChI is InChI=1S/C19H19FN2O3S/c1-24-15-7-8-17(25-2)16(12-15)21-19-22(9-4-10-26-19)18(23)13-5-3-6-14(20)11-13/h3,5-8,11-12H,4,9-10H2,1-2H3. The number of hydrogen-bond acceptors (Lipinski definition) is 5. The fourth-order valence-corrected chi connectivity index (χ4v) is 3.55. The van der Waals surface area contributed by atoms with Crippen molar-refractivity contribution in [2.75, 3.05) is 26.5 Å². The number of methoxy groups -OCH3 is 2. The topological polar surface area (TPSA) is 51.1 Å². The van der Waals surface area contributed by atoms with E-state index in [-0.39, 0.29) is 5.91 Å². The highest BCUT2D eigenvalue weighted by Gasteiger charge is 2.25. The fraction of sp³-hybridized carbons (Fsp3) is 0.263. The van der Waals surface area contributed by atoms with Crippen LogP contribution < -0.4 is 9.47 Å². The van der Waals surface area contributed by atoms with Crippen LogP contribution in [0.2, 0.25) is 0 Å². The molecule has 7 heteroatoms. The van der Waals surface area contributed by atoms with Crippen LogP contribution in [0.4, 0.5) is 10.1 Å². The molecule has 1 fully saturated rings. The molecular formula is C19H19FN2O3S. The van der Waals surface area contributed by atoms with Crippen LogP contribution in [-0.2, 0) is 0 Å². The van der Waals surface area contributed by atoms with Crippen molar-refractivity contribution < 1.29 is 18.7 Å². The molecular weight excluding hydrogens is 355 g/mol. The maximum atomic E-state index is 13.5. The summed E-state index contributed by atoms with van der Waals surface area (Å²) in [6.45, 7) is 0.535. The van der Waals surface area contributed by atoms with E-state index in [1.165, 1.54) is 30.0 Å². The van der Waals surface area contributed by atoms with Crippen molar-refractivity contribution in [2.24, 2.45) is 4.99 Å². The number of carbonyl (C=O) groups is 1. The normalized spacial score (nSPS) is 15.8. The number of rotatable bonds is 4. The van der Waals surface area contributed by atoms with Crippen LogP contribution >= 0.6 is 11.8 Å². The molecule has 0 atom stereocenters. The Morgan fingerprint density at radius 2 is 2.04 bits per heavy atom. The third-order valence-corrected chi connectivity index (χ3v) is 4.97. The summed E-state index contributed by atoms with van der Waals surface area (Å²) >= 11 is 1.49. The smallest absolute Gasteiger partial charge is 0.259 e. The van der Waals surface area contributed by atoms with Crippen molar-refractivity contribution in [3.63, 3.8) is 0 Å². The molecule has 0 saturated carbocycles. The zero-order valence-corrected chi connectivity index (χ0v) is 15.4. The number of amides is 1. The Kier molecular flexibility index (Phi) is 5.78. The van der Waals surface area contributed by atoms with E-state index >= 15 is 0 Å². The van der Waals surface area contributed by atoms with Gasteiger partial charge in [-0.3, -0.25) is 9.69 Å². The van der Waals surface area contributed by atoms with Gasteiger partial charge in [0.25, 0.3) is 5.91 Å². The van der Waals surface area contributed by atoms with E-state index in [2.05, 4.69) is 4.99 Å². The third kappa shape index (κ3) is 3.99. The highest BCUT2D eigenvalue weighted by Crippen LogP contribution is 2.34. The SMILES string of the molecule is COc1ccc(OC)c(N=C2SCCCN2C(=O)c2cccc(F)c2)c1. The zero-order valence-electron chi connectivity index (χ0n) is 14.6. The van der Waals surface area contributed by atoms with Crippen LogP contribution in [0.3, 0.4) is 0 Å². The number of amidine groups is 1. The largest absolute Gasteiger partial charge is 0.497 e. The third-order valence-electron chi connectivity index (χ3n) is 3.91. The van der Waals surface area contributed by atoms with Crippen LogP contribution in [0.15, 0.2) is 47.5 Å². The van der Waals surface area contributed by atoms with Gasteiger partial charge in [-0.25, -0.2) is 9.38 Å². The second-order valence-corrected chi connectivity index (χ2v) is 6.66. The van der Waals surface area contributed by atoms with Gasteiger partial charge in [-0.15, -0.1) is 0 Å². The molecule has 0 aromatic heterocycles. The Morgan fingerprint density at radius 1 is 1.19 bits per heavy atom. The summed E-state index contributed by atoms with van der Waals surface area (Å²) in [5.41, 5.74) is 0.881. The van der Waals surface area contributed by atoms with Crippen molar-refractivity contribution in [2.45, 2.75) is 6.42 Å². The van der Waals surface area contributed by atoms with Gasteiger partial charge in [0, 0.05) is 23.9 Å². The van der Waals surface area contributed by atoms with Crippen LogP contribution in [0.5, 0.6) is 11.5 Å². The molecule has 0 bridgehead atoms. The van der Waals surface area contributed by atoms with Crippen LogP contribution in [0.25, 0.3) is 0 Å². The van der Waals surface area contributed by atoms with Gasteiger partial charge in [0.15, 0.2) is 5.17 Å². The molecule has 1 aliphatic heterocycles. The Balaban J connectivity index is 1.96. The van der Waals surface area contributed by atoms with Gasteiger partial charge in [-0.2, -0.15) is 0 Å². The first-order valence-corrected chi connectivity index (χ1v) is 9.12. The average molecular weight is 374 g/mol. The van der Waals surface area contributed by atoms with E-state index in [4.69, 9.17) is 9.47 Å². The van der Waals surface area contributed by atoms with Gasteiger partial charge < -0.3 is 9.47 Å². The van der Waals surface area contributed by atoms with Gasteiger partial charge >= 0.3 is 0 Å². The Hall–Kier alpha value is -2.54. The van der Waals surface area contributed by atoms with Crippen molar-refractivity contribution in [3.8, 4) is 11.5 Å². The Morgan fingerprint density at radius 3 is 2.77 bits per heavy atom. The van der Waals surface area contributed by atoms with Crippen molar-refractivity contribution >= 4 is 28.5 Å². The number of thioether (sulfide) groups is 1. The highest BCUT2D eigenvalue weighted by atomic mass is 32.2. The lowest BCUT2D eigenvalue weighted by Crippen LogP contribution is -2.39. The van der Waals surface area contributed by atoms with E-state index in [0.29, 0.717) is 34.5 Å². The van der Waals surface area contributed by atoms with Gasteiger partial charge in [0.05, 0.1) is 14.2 Å². The Labute approximate surface area is 155 Å². The molecule has 5 nitrogen and oxygen atoms in total. The molecule has 1 heterocycles. The zero-order chi connectivity index (χ0) is 18.5. The summed E-state index contributed by atoms with van der Waals surface area (Å²) in [7, 11) is 3.14. The summed E-state index contributed by atoms with van der Waals surface area (Å²) in [5.74, 6) is 1.39. The number of carbonyl (C=O) groups excluding carboxylic acids is 1. The summed E-state index contributed by atoms with van der Waals surface area (Å²) in [6, 6.07) is 11.0. The highest BCUT2D eigenvalue weighted by molar-refractivity contribution is 8.13. The minimum absolute atomic E-state index is 0.266. The first kappa shape index (κ1) is 18.3. The van der Waals surface area contributed by atoms with Gasteiger partial charge in [0.1, 0.15) is 23.0 Å². The quantitative estimate of drug-likeness (QED) is 0.808. The first-order valence-electron chi connectivity index (χ1n) is 8.13. The molecule has 136 valence electrons. The van der Waals surface area contributed by atoms with Gasteiger partial charge in [-0.1, -0.05) is 17.8 Å². The second kappa shape index (κ2) is 8.23. The number of nitrogens with zero attached hydrogens (tertiary/aromatic N) is 2. The molecule has 0 aliphatic carbocycles. The minimum atomic E-state index is -0.437. The van der Waals surface area contributed by atoms with E-state index in [1.807, 2.05) is 0 Å². The second-order valence-electron chi connectivity index (χ2n) is 5.60. The van der Waals surface area contributed by atoms with E-state index < -0.39 is 5.82 Å². The molecule has 2 aromatic rings. The molecule has 26 heavy (non-hydrogen) atoms. The molecule has 1 saturated heterocycles. The molecule has 1 aliphatic rings. The lowest BCUT2D eigenvalue weighted by Gasteiger charge is -2.28. The predicted molar refractivity (Wildman–Crippen MR) is 101 cm³/mol. The lowest BCUT2D eigenvalue weighted by atomic mass is 10.2. The molecule has 0 unspecified atom stereocenters. The summed E-state index contributed by atoms with van der Waals surface area (Å²) in [4.78, 5) is 19.1. The molecule has 0 N–H and O–H groups in total. The van der Waals surface area contributed by atoms with Crippen molar-refractivity contribution in [1.82, 2.24) is 4.90 Å². The summed E-state index contributed by atoms with van der Waals surface area (Å²) in [6.07, 6.45) is 0.847. The van der Waals surface area contributed by atoms with Crippen LogP contribution in [0, 0.1) is 5.82 Å². The molecule has 1 amide bonds. The van der Waals surface area contributed by atoms with E-state index in [0.717, 1.165) is 12.2 Å². The average Bonchev–Trinajstić information content (AvgIpc) is 2.68. The molecule has 0 radical (unpaired) electrons. The van der Waals surface area contributed by atoms with Crippen LogP contribution in [-0.4, -0.2) is 42.5 Å². The summed E-state index contributed by atoms with van der Waals surface area (Å²) < 4.78 is 24.1. The minimum Gasteiger partial charge on any atom is -0.497 e. The molecule has 3 rings (SSSR count). The number of ether oxygens (including phenoxy) is 2. The van der Waals surface area contributed by atoms with Crippen LogP contribution in [0.1, 0.15) is 16.8 Å². The molecule has 0 spiro atoms.